The van der Waals surface area contributed by atoms with E-state index in [-0.39, 0.29) is 17.0 Å². The molecular weight excluding hydrogens is 412 g/mol. The minimum absolute atomic E-state index is 0.0815. The van der Waals surface area contributed by atoms with Crippen LogP contribution in [-0.4, -0.2) is 23.6 Å². The number of ketones is 1. The van der Waals surface area contributed by atoms with Crippen molar-refractivity contribution in [3.63, 3.8) is 0 Å². The molecule has 4 heteroatoms. The van der Waals surface area contributed by atoms with Crippen LogP contribution in [0.15, 0.2) is 55.1 Å². The van der Waals surface area contributed by atoms with Gasteiger partial charge in [0.2, 0.25) is 0 Å². The van der Waals surface area contributed by atoms with Crippen LogP contribution in [-0.2, 0) is 6.42 Å². The number of carbonyl (C=O) groups is 1. The first-order chi connectivity index (χ1) is 15.4. The Morgan fingerprint density at radius 3 is 2.12 bits per heavy atom. The van der Waals surface area contributed by atoms with E-state index in [1.54, 1.807) is 18.2 Å². The van der Waals surface area contributed by atoms with Gasteiger partial charge in [-0.05, 0) is 96.4 Å². The van der Waals surface area contributed by atoms with Gasteiger partial charge in [-0.1, -0.05) is 19.1 Å². The molecule has 2 aromatic rings. The second-order valence-corrected chi connectivity index (χ2v) is 9.98. The molecule has 0 N–H and O–H groups in total. The van der Waals surface area contributed by atoms with E-state index in [9.17, 15) is 4.79 Å². The fourth-order valence-electron chi connectivity index (χ4n) is 3.18. The minimum Gasteiger partial charge on any atom is -0.494 e. The van der Waals surface area contributed by atoms with Crippen molar-refractivity contribution in [2.45, 2.75) is 72.5 Å². The molecule has 33 heavy (non-hydrogen) atoms. The Labute approximate surface area is 199 Å². The van der Waals surface area contributed by atoms with Crippen LogP contribution >= 0.6 is 0 Å². The average Bonchev–Trinajstić information content (AvgIpc) is 2.70. The van der Waals surface area contributed by atoms with Crippen molar-refractivity contribution in [1.29, 1.82) is 0 Å². The van der Waals surface area contributed by atoms with E-state index in [1.165, 1.54) is 0 Å². The van der Waals surface area contributed by atoms with E-state index in [4.69, 9.17) is 14.2 Å². The maximum atomic E-state index is 12.8. The summed E-state index contributed by atoms with van der Waals surface area (Å²) in [4.78, 5) is 12.8. The van der Waals surface area contributed by atoms with Crippen molar-refractivity contribution in [3.8, 4) is 17.2 Å². The van der Waals surface area contributed by atoms with Crippen LogP contribution in [0.2, 0.25) is 0 Å². The minimum atomic E-state index is -0.380. The molecule has 0 bridgehead atoms. The van der Waals surface area contributed by atoms with Gasteiger partial charge in [0.15, 0.2) is 5.78 Å². The summed E-state index contributed by atoms with van der Waals surface area (Å²) in [6.07, 6.45) is 6.80. The summed E-state index contributed by atoms with van der Waals surface area (Å²) < 4.78 is 18.0. The number of benzene rings is 2. The van der Waals surface area contributed by atoms with E-state index >= 15 is 0 Å². The third-order valence-corrected chi connectivity index (χ3v) is 4.43. The van der Waals surface area contributed by atoms with Crippen LogP contribution < -0.4 is 14.2 Å². The molecule has 4 nitrogen and oxygen atoms in total. The molecular formula is C29H38O4. The largest absolute Gasteiger partial charge is 0.494 e. The normalized spacial score (nSPS) is 12.0. The van der Waals surface area contributed by atoms with E-state index in [0.29, 0.717) is 24.3 Å². The van der Waals surface area contributed by atoms with Gasteiger partial charge in [0.25, 0.3) is 0 Å². The first-order valence-corrected chi connectivity index (χ1v) is 11.5. The summed E-state index contributed by atoms with van der Waals surface area (Å²) in [5.74, 6) is 2.11. The van der Waals surface area contributed by atoms with Crippen LogP contribution in [0.5, 0.6) is 17.2 Å². The van der Waals surface area contributed by atoms with E-state index < -0.39 is 0 Å². The first-order valence-electron chi connectivity index (χ1n) is 11.5. The van der Waals surface area contributed by atoms with E-state index in [2.05, 4.69) is 13.5 Å². The summed E-state index contributed by atoms with van der Waals surface area (Å²) in [5, 5.41) is 0. The highest BCUT2D eigenvalue weighted by atomic mass is 16.5. The molecule has 0 aliphatic carbocycles. The molecule has 0 aliphatic rings. The highest BCUT2D eigenvalue weighted by molar-refractivity contribution is 6.07. The molecule has 0 heterocycles. The highest BCUT2D eigenvalue weighted by Crippen LogP contribution is 2.34. The van der Waals surface area contributed by atoms with Crippen LogP contribution in [0.1, 0.15) is 76.4 Å². The van der Waals surface area contributed by atoms with Gasteiger partial charge in [-0.25, -0.2) is 0 Å². The lowest BCUT2D eigenvalue weighted by Gasteiger charge is -2.27. The van der Waals surface area contributed by atoms with Crippen LogP contribution in [0.3, 0.4) is 0 Å². The van der Waals surface area contributed by atoms with E-state index in [0.717, 1.165) is 29.0 Å². The molecule has 0 fully saturated rings. The van der Waals surface area contributed by atoms with Crippen LogP contribution in [0.25, 0.3) is 6.08 Å². The predicted octanol–water partition coefficient (Wildman–Crippen LogP) is 7.45. The molecule has 2 rings (SSSR count). The van der Waals surface area contributed by atoms with E-state index in [1.807, 2.05) is 78.0 Å². The second-order valence-electron chi connectivity index (χ2n) is 9.98. The lowest BCUT2D eigenvalue weighted by atomic mass is 10.00. The number of rotatable bonds is 10. The molecule has 0 aliphatic heterocycles. The Hall–Kier alpha value is -3.01. The fraction of sp³-hybridized carbons (Fsp3) is 0.414. The summed E-state index contributed by atoms with van der Waals surface area (Å²) in [6.45, 7) is 18.6. The predicted molar refractivity (Wildman–Crippen MR) is 137 cm³/mol. The van der Waals surface area contributed by atoms with Crippen molar-refractivity contribution < 1.29 is 19.0 Å². The quantitative estimate of drug-likeness (QED) is 0.214. The molecule has 0 saturated heterocycles. The number of allylic oxidation sites excluding steroid dienone is 2. The smallest absolute Gasteiger partial charge is 0.185 e. The Kier molecular flexibility index (Phi) is 8.92. The van der Waals surface area contributed by atoms with Crippen LogP contribution in [0, 0.1) is 0 Å². The molecule has 0 spiro atoms. The van der Waals surface area contributed by atoms with Gasteiger partial charge in [-0.3, -0.25) is 4.79 Å². The van der Waals surface area contributed by atoms with Gasteiger partial charge in [-0.15, -0.1) is 6.58 Å². The zero-order valence-electron chi connectivity index (χ0n) is 21.2. The molecule has 0 atom stereocenters. The van der Waals surface area contributed by atoms with Gasteiger partial charge >= 0.3 is 0 Å². The third kappa shape index (κ3) is 8.80. The third-order valence-electron chi connectivity index (χ3n) is 4.43. The zero-order chi connectivity index (χ0) is 24.6. The topological polar surface area (TPSA) is 44.8 Å². The molecule has 2 aromatic carbocycles. The Bertz CT molecular complexity index is 970. The fourth-order valence-corrected chi connectivity index (χ4v) is 3.18. The molecule has 0 radical (unpaired) electrons. The molecule has 178 valence electrons. The zero-order valence-corrected chi connectivity index (χ0v) is 21.2. The first kappa shape index (κ1) is 26.2. The Morgan fingerprint density at radius 1 is 0.939 bits per heavy atom. The molecule has 0 amide bonds. The molecule has 0 saturated carbocycles. The summed E-state index contributed by atoms with van der Waals surface area (Å²) in [6, 6.07) is 11.1. The molecule has 0 unspecified atom stereocenters. The van der Waals surface area contributed by atoms with Crippen molar-refractivity contribution in [3.05, 3.63) is 71.8 Å². The summed E-state index contributed by atoms with van der Waals surface area (Å²) >= 11 is 0. The van der Waals surface area contributed by atoms with Gasteiger partial charge in [0, 0.05) is 17.2 Å². The Balaban J connectivity index is 2.41. The van der Waals surface area contributed by atoms with Crippen molar-refractivity contribution >= 4 is 11.9 Å². The number of ether oxygens (including phenoxy) is 3. The van der Waals surface area contributed by atoms with Crippen LogP contribution in [0.4, 0.5) is 0 Å². The monoisotopic (exact) mass is 450 g/mol. The average molecular weight is 451 g/mol. The molecule has 0 aromatic heterocycles. The Morgan fingerprint density at radius 2 is 1.58 bits per heavy atom. The summed E-state index contributed by atoms with van der Waals surface area (Å²) in [7, 11) is 0. The SMILES string of the molecule is C=CCc1c(C=CC(=O)c2ccc(OCCC)cc2)cc(OC(C)(C)C)cc1OC(C)(C)C. The maximum Gasteiger partial charge on any atom is 0.185 e. The number of carbonyl (C=O) groups excluding carboxylic acids is 1. The van der Waals surface area contributed by atoms with Gasteiger partial charge < -0.3 is 14.2 Å². The standard InChI is InChI=1S/C29H38O4/c1-9-11-25-22(14-17-26(30)21-12-15-23(16-13-21)31-18-10-2)19-24(32-28(3,4)5)20-27(25)33-29(6,7)8/h9,12-17,19-20H,1,10-11,18H2,2-8H3. The maximum absolute atomic E-state index is 12.8. The van der Waals surface area contributed by atoms with Gasteiger partial charge in [0.1, 0.15) is 28.5 Å². The lowest BCUT2D eigenvalue weighted by Crippen LogP contribution is -2.25. The van der Waals surface area contributed by atoms with Crippen molar-refractivity contribution in [2.24, 2.45) is 0 Å². The van der Waals surface area contributed by atoms with Gasteiger partial charge in [0.05, 0.1) is 6.61 Å². The number of hydrogen-bond donors (Lipinski definition) is 0. The lowest BCUT2D eigenvalue weighted by molar-refractivity contribution is 0.104. The highest BCUT2D eigenvalue weighted by Gasteiger charge is 2.20. The van der Waals surface area contributed by atoms with Crippen molar-refractivity contribution in [2.75, 3.05) is 6.61 Å². The summed E-state index contributed by atoms with van der Waals surface area (Å²) in [5.41, 5.74) is 1.70. The number of hydrogen-bond acceptors (Lipinski definition) is 4. The van der Waals surface area contributed by atoms with Crippen molar-refractivity contribution in [1.82, 2.24) is 0 Å². The van der Waals surface area contributed by atoms with Gasteiger partial charge in [-0.2, -0.15) is 0 Å². The second kappa shape index (κ2) is 11.2.